The highest BCUT2D eigenvalue weighted by Gasteiger charge is 2.22. The van der Waals surface area contributed by atoms with Crippen LogP contribution in [-0.4, -0.2) is 10.8 Å². The first-order valence-electron chi connectivity index (χ1n) is 8.52. The molecule has 3 nitrogen and oxygen atoms in total. The van der Waals surface area contributed by atoms with E-state index in [0.29, 0.717) is 28.1 Å². The van der Waals surface area contributed by atoms with Crippen molar-refractivity contribution in [2.45, 2.75) is 12.8 Å². The Kier molecular flexibility index (Phi) is 4.97. The summed E-state index contributed by atoms with van der Waals surface area (Å²) in [5.41, 5.74) is 3.61. The number of carbonyl (C=O) groups is 1. The number of halogens is 2. The van der Waals surface area contributed by atoms with Gasteiger partial charge in [0.1, 0.15) is 5.75 Å². The van der Waals surface area contributed by atoms with Crippen LogP contribution in [-0.2, 0) is 6.42 Å². The molecule has 0 amide bonds. The number of pyridine rings is 1. The van der Waals surface area contributed by atoms with E-state index in [9.17, 15) is 4.79 Å². The van der Waals surface area contributed by atoms with Crippen molar-refractivity contribution >= 4 is 41.1 Å². The standard InChI is InChI=1S/C22H15Cl2NO2/c23-18-9-6-14(12-19(18)24)4-5-15-7-11-22(25-13-15)27-21-3-1-2-16-17(21)8-10-20(16)26/h1-7,9,11-13H,8,10H2/b5-4-. The second-order valence-corrected chi connectivity index (χ2v) is 7.06. The fraction of sp³-hybridized carbons (Fsp3) is 0.0909. The number of benzene rings is 2. The molecule has 0 atom stereocenters. The molecular weight excluding hydrogens is 381 g/mol. The van der Waals surface area contributed by atoms with Crippen molar-refractivity contribution in [3.8, 4) is 11.6 Å². The molecule has 1 aliphatic carbocycles. The van der Waals surface area contributed by atoms with Crippen LogP contribution in [0.1, 0.15) is 33.5 Å². The molecule has 2 aromatic carbocycles. The molecule has 1 heterocycles. The fourth-order valence-corrected chi connectivity index (χ4v) is 3.33. The zero-order chi connectivity index (χ0) is 18.8. The van der Waals surface area contributed by atoms with Crippen molar-refractivity contribution in [2.24, 2.45) is 0 Å². The third kappa shape index (κ3) is 3.90. The van der Waals surface area contributed by atoms with Gasteiger partial charge >= 0.3 is 0 Å². The molecule has 0 bridgehead atoms. The van der Waals surface area contributed by atoms with E-state index >= 15 is 0 Å². The zero-order valence-electron chi connectivity index (χ0n) is 14.3. The Labute approximate surface area is 167 Å². The average molecular weight is 396 g/mol. The number of Topliss-reactive ketones (excluding diaryl/α,β-unsaturated/α-hetero) is 1. The van der Waals surface area contributed by atoms with E-state index in [-0.39, 0.29) is 5.78 Å². The van der Waals surface area contributed by atoms with E-state index in [1.807, 2.05) is 54.6 Å². The molecule has 1 aromatic heterocycles. The van der Waals surface area contributed by atoms with E-state index in [4.69, 9.17) is 27.9 Å². The molecular formula is C22H15Cl2NO2. The van der Waals surface area contributed by atoms with Crippen LogP contribution in [0.2, 0.25) is 10.0 Å². The van der Waals surface area contributed by atoms with Crippen molar-refractivity contribution in [3.63, 3.8) is 0 Å². The molecule has 5 heteroatoms. The van der Waals surface area contributed by atoms with Gasteiger partial charge in [-0.15, -0.1) is 0 Å². The third-order valence-electron chi connectivity index (χ3n) is 4.42. The summed E-state index contributed by atoms with van der Waals surface area (Å²) in [5.74, 6) is 1.37. The molecule has 134 valence electrons. The minimum Gasteiger partial charge on any atom is -0.439 e. The molecule has 0 radical (unpaired) electrons. The third-order valence-corrected chi connectivity index (χ3v) is 5.16. The first kappa shape index (κ1) is 17.8. The first-order valence-corrected chi connectivity index (χ1v) is 9.28. The Bertz CT molecular complexity index is 1040. The van der Waals surface area contributed by atoms with Crippen molar-refractivity contribution in [2.75, 3.05) is 0 Å². The topological polar surface area (TPSA) is 39.2 Å². The van der Waals surface area contributed by atoms with Crippen LogP contribution in [0.4, 0.5) is 0 Å². The summed E-state index contributed by atoms with van der Waals surface area (Å²) in [6, 6.07) is 14.8. The highest BCUT2D eigenvalue weighted by atomic mass is 35.5. The Morgan fingerprint density at radius 2 is 1.74 bits per heavy atom. The predicted octanol–water partition coefficient (Wildman–Crippen LogP) is 6.48. The lowest BCUT2D eigenvalue weighted by atomic mass is 10.1. The second-order valence-electron chi connectivity index (χ2n) is 6.24. The number of hydrogen-bond donors (Lipinski definition) is 0. The van der Waals surface area contributed by atoms with Crippen LogP contribution < -0.4 is 4.74 Å². The highest BCUT2D eigenvalue weighted by Crippen LogP contribution is 2.33. The maximum atomic E-state index is 11.8. The Balaban J connectivity index is 1.49. The van der Waals surface area contributed by atoms with Crippen LogP contribution in [0, 0.1) is 0 Å². The van der Waals surface area contributed by atoms with Gasteiger partial charge < -0.3 is 4.74 Å². The minimum atomic E-state index is 0.172. The van der Waals surface area contributed by atoms with Gasteiger partial charge in [-0.2, -0.15) is 0 Å². The molecule has 4 rings (SSSR count). The average Bonchev–Trinajstić information content (AvgIpc) is 3.06. The molecule has 3 aromatic rings. The number of ketones is 1. The van der Waals surface area contributed by atoms with Crippen molar-refractivity contribution < 1.29 is 9.53 Å². The van der Waals surface area contributed by atoms with Crippen molar-refractivity contribution in [1.82, 2.24) is 4.98 Å². The largest absolute Gasteiger partial charge is 0.439 e. The number of aromatic nitrogens is 1. The molecule has 0 saturated heterocycles. The van der Waals surface area contributed by atoms with Crippen LogP contribution in [0.25, 0.3) is 12.2 Å². The lowest BCUT2D eigenvalue weighted by Crippen LogP contribution is -1.94. The van der Waals surface area contributed by atoms with Gasteiger partial charge in [0.25, 0.3) is 0 Å². The summed E-state index contributed by atoms with van der Waals surface area (Å²) in [6.07, 6.45) is 6.87. The number of hydrogen-bond acceptors (Lipinski definition) is 3. The van der Waals surface area contributed by atoms with Crippen molar-refractivity contribution in [1.29, 1.82) is 0 Å². The second kappa shape index (κ2) is 7.55. The molecule has 27 heavy (non-hydrogen) atoms. The molecule has 0 unspecified atom stereocenters. The molecule has 0 N–H and O–H groups in total. The number of carbonyl (C=O) groups excluding carboxylic acids is 1. The molecule has 1 aliphatic rings. The summed E-state index contributed by atoms with van der Waals surface area (Å²) in [5, 5.41) is 1.06. The summed E-state index contributed by atoms with van der Waals surface area (Å²) in [7, 11) is 0. The number of fused-ring (bicyclic) bond motifs is 1. The quantitative estimate of drug-likeness (QED) is 0.507. The number of ether oxygens (including phenoxy) is 1. The van der Waals surface area contributed by atoms with E-state index in [1.54, 1.807) is 12.3 Å². The van der Waals surface area contributed by atoms with Crippen LogP contribution in [0.3, 0.4) is 0 Å². The van der Waals surface area contributed by atoms with Gasteiger partial charge in [0, 0.05) is 29.8 Å². The zero-order valence-corrected chi connectivity index (χ0v) is 15.8. The van der Waals surface area contributed by atoms with Gasteiger partial charge in [0.2, 0.25) is 5.88 Å². The van der Waals surface area contributed by atoms with Crippen LogP contribution in [0.15, 0.2) is 54.7 Å². The Morgan fingerprint density at radius 1 is 0.926 bits per heavy atom. The fourth-order valence-electron chi connectivity index (χ4n) is 3.03. The summed E-state index contributed by atoms with van der Waals surface area (Å²) >= 11 is 12.0. The summed E-state index contributed by atoms with van der Waals surface area (Å²) < 4.78 is 5.90. The number of nitrogens with zero attached hydrogens (tertiary/aromatic N) is 1. The van der Waals surface area contributed by atoms with Crippen molar-refractivity contribution in [3.05, 3.63) is 87.0 Å². The molecule has 0 saturated carbocycles. The lowest BCUT2D eigenvalue weighted by Gasteiger charge is -2.09. The number of rotatable bonds is 4. The smallest absolute Gasteiger partial charge is 0.219 e. The molecule has 0 spiro atoms. The highest BCUT2D eigenvalue weighted by molar-refractivity contribution is 6.42. The van der Waals surface area contributed by atoms with Gasteiger partial charge in [-0.1, -0.05) is 53.6 Å². The SMILES string of the molecule is O=C1CCc2c(Oc3ccc(/C=C\c4ccc(Cl)c(Cl)c4)cn3)cccc21. The van der Waals surface area contributed by atoms with Gasteiger partial charge in [0.15, 0.2) is 5.78 Å². The van der Waals surface area contributed by atoms with E-state index in [2.05, 4.69) is 4.98 Å². The summed E-state index contributed by atoms with van der Waals surface area (Å²) in [6.45, 7) is 0. The maximum absolute atomic E-state index is 11.8. The Morgan fingerprint density at radius 3 is 2.52 bits per heavy atom. The maximum Gasteiger partial charge on any atom is 0.219 e. The predicted molar refractivity (Wildman–Crippen MR) is 109 cm³/mol. The Hall–Kier alpha value is -2.62. The monoisotopic (exact) mass is 395 g/mol. The van der Waals surface area contributed by atoms with E-state index in [1.165, 1.54) is 0 Å². The van der Waals surface area contributed by atoms with Crippen LogP contribution >= 0.6 is 23.2 Å². The van der Waals surface area contributed by atoms with Gasteiger partial charge in [-0.05, 0) is 41.8 Å². The first-order chi connectivity index (χ1) is 13.1. The van der Waals surface area contributed by atoms with Crippen LogP contribution in [0.5, 0.6) is 11.6 Å². The van der Waals surface area contributed by atoms with E-state index in [0.717, 1.165) is 28.7 Å². The summed E-state index contributed by atoms with van der Waals surface area (Å²) in [4.78, 5) is 16.2. The van der Waals surface area contributed by atoms with Gasteiger partial charge in [0.05, 0.1) is 10.0 Å². The van der Waals surface area contributed by atoms with E-state index < -0.39 is 0 Å². The molecule has 0 fully saturated rings. The normalized spacial score (nSPS) is 13.2. The van der Waals surface area contributed by atoms with Gasteiger partial charge in [-0.25, -0.2) is 4.98 Å². The molecule has 0 aliphatic heterocycles. The minimum absolute atomic E-state index is 0.172. The lowest BCUT2D eigenvalue weighted by molar-refractivity contribution is 0.0994. The van der Waals surface area contributed by atoms with Gasteiger partial charge in [-0.3, -0.25) is 4.79 Å².